The number of rotatable bonds is 8. The number of carbonyl (C=O) groups is 1. The Morgan fingerprint density at radius 3 is 2.18 bits per heavy atom. The van der Waals surface area contributed by atoms with Gasteiger partial charge < -0.3 is 14.2 Å². The van der Waals surface area contributed by atoms with Gasteiger partial charge in [0.15, 0.2) is 6.35 Å². The maximum Gasteiger partial charge on any atom is 0.308 e. The van der Waals surface area contributed by atoms with Crippen molar-refractivity contribution in [1.82, 2.24) is 9.80 Å². The van der Waals surface area contributed by atoms with Gasteiger partial charge in [-0.25, -0.2) is 0 Å². The zero-order valence-corrected chi connectivity index (χ0v) is 19.0. The molecule has 8 heteroatoms. The molecule has 0 bridgehead atoms. The van der Waals surface area contributed by atoms with Crippen LogP contribution in [-0.2, 0) is 19.0 Å². The number of likely N-dealkylation sites (tertiary alicyclic amines) is 2. The van der Waals surface area contributed by atoms with Gasteiger partial charge in [0.05, 0.1) is 24.7 Å². The fourth-order valence-corrected chi connectivity index (χ4v) is 4.56. The summed E-state index contributed by atoms with van der Waals surface area (Å²) in [5.74, 6) is 0.0373. The molecule has 0 aromatic heterocycles. The van der Waals surface area contributed by atoms with E-state index in [0.29, 0.717) is 12.7 Å². The van der Waals surface area contributed by atoms with Crippen molar-refractivity contribution in [2.75, 3.05) is 39.4 Å². The highest BCUT2D eigenvalue weighted by Crippen LogP contribution is 2.30. The van der Waals surface area contributed by atoms with Crippen LogP contribution in [0.1, 0.15) is 58.8 Å². The number of halogens is 2. The number of ether oxygens (including phenoxy) is 3. The van der Waals surface area contributed by atoms with Crippen molar-refractivity contribution >= 4 is 30.8 Å². The Labute approximate surface area is 182 Å². The lowest BCUT2D eigenvalue weighted by molar-refractivity contribution is -0.181. The van der Waals surface area contributed by atoms with Crippen LogP contribution < -0.4 is 0 Å². The number of esters is 1. The molecule has 0 aromatic carbocycles. The first-order chi connectivity index (χ1) is 12.7. The summed E-state index contributed by atoms with van der Waals surface area (Å²) in [6, 6.07) is 0. The van der Waals surface area contributed by atoms with E-state index in [-0.39, 0.29) is 49.2 Å². The highest BCUT2D eigenvalue weighted by atomic mass is 35.5. The van der Waals surface area contributed by atoms with Gasteiger partial charge in [0, 0.05) is 32.8 Å². The molecule has 1 unspecified atom stereocenters. The molecule has 3 fully saturated rings. The SMILES string of the molecule is CCOC(=O)[C@H]1CC[C@H](OC(N2CCCC2)N2CC[C@@H](OCC)C2)CC1.Cl.Cl. The standard InChI is InChI=1S/C20H36N2O4.2ClH/c1-3-24-18-11-14-22(15-18)20(21-12-5-6-13-21)26-17-9-7-16(8-10-17)19(23)25-4-2;;/h16-18,20H,3-15H2,1-2H3;2*1H/t16-,17-,18-,20?;;/m1../s1. The van der Waals surface area contributed by atoms with Crippen molar-refractivity contribution in [2.24, 2.45) is 5.92 Å². The minimum absolute atomic E-state index is 0. The van der Waals surface area contributed by atoms with Crippen LogP contribution in [0.15, 0.2) is 0 Å². The molecular formula is C20H38Cl2N2O4. The third kappa shape index (κ3) is 6.99. The van der Waals surface area contributed by atoms with E-state index < -0.39 is 0 Å². The Bertz CT molecular complexity index is 444. The molecule has 2 aliphatic heterocycles. The average Bonchev–Trinajstić information content (AvgIpc) is 3.33. The molecule has 2 heterocycles. The first-order valence-corrected chi connectivity index (χ1v) is 10.6. The largest absolute Gasteiger partial charge is 0.466 e. The van der Waals surface area contributed by atoms with Gasteiger partial charge in [-0.3, -0.25) is 14.6 Å². The molecule has 2 saturated heterocycles. The van der Waals surface area contributed by atoms with E-state index in [1.807, 2.05) is 6.92 Å². The van der Waals surface area contributed by atoms with Gasteiger partial charge in [-0.2, -0.15) is 0 Å². The summed E-state index contributed by atoms with van der Waals surface area (Å²) in [5, 5.41) is 0. The molecule has 28 heavy (non-hydrogen) atoms. The highest BCUT2D eigenvalue weighted by molar-refractivity contribution is 5.85. The molecular weight excluding hydrogens is 403 g/mol. The van der Waals surface area contributed by atoms with Crippen LogP contribution in [0.4, 0.5) is 0 Å². The molecule has 166 valence electrons. The van der Waals surface area contributed by atoms with E-state index in [1.54, 1.807) is 0 Å². The topological polar surface area (TPSA) is 51.2 Å². The molecule has 0 radical (unpaired) electrons. The summed E-state index contributed by atoms with van der Waals surface area (Å²) in [6.45, 7) is 9.46. The predicted octanol–water partition coefficient (Wildman–Crippen LogP) is 3.46. The van der Waals surface area contributed by atoms with Gasteiger partial charge in [-0.05, 0) is 58.8 Å². The van der Waals surface area contributed by atoms with E-state index in [0.717, 1.165) is 64.9 Å². The second-order valence-electron chi connectivity index (χ2n) is 7.79. The maximum absolute atomic E-state index is 11.9. The molecule has 0 aromatic rings. The smallest absolute Gasteiger partial charge is 0.308 e. The highest BCUT2D eigenvalue weighted by Gasteiger charge is 2.37. The minimum atomic E-state index is -0.0267. The molecule has 2 atom stereocenters. The first-order valence-electron chi connectivity index (χ1n) is 10.6. The molecule has 3 rings (SSSR count). The lowest BCUT2D eigenvalue weighted by atomic mass is 9.87. The second-order valence-corrected chi connectivity index (χ2v) is 7.79. The van der Waals surface area contributed by atoms with Crippen molar-refractivity contribution in [2.45, 2.75) is 77.4 Å². The Hall–Kier alpha value is -0.110. The number of nitrogens with zero attached hydrogens (tertiary/aromatic N) is 2. The van der Waals surface area contributed by atoms with E-state index in [2.05, 4.69) is 16.7 Å². The van der Waals surface area contributed by atoms with Gasteiger partial charge >= 0.3 is 5.97 Å². The molecule has 0 spiro atoms. The number of hydrogen-bond acceptors (Lipinski definition) is 6. The fourth-order valence-electron chi connectivity index (χ4n) is 4.56. The van der Waals surface area contributed by atoms with E-state index in [4.69, 9.17) is 14.2 Å². The van der Waals surface area contributed by atoms with Crippen LogP contribution in [0, 0.1) is 5.92 Å². The van der Waals surface area contributed by atoms with Crippen molar-refractivity contribution in [1.29, 1.82) is 0 Å². The Morgan fingerprint density at radius 1 is 0.893 bits per heavy atom. The third-order valence-electron chi connectivity index (χ3n) is 5.95. The lowest BCUT2D eigenvalue weighted by Gasteiger charge is -2.39. The molecule has 3 aliphatic rings. The first kappa shape index (κ1) is 25.9. The number of hydrogen-bond donors (Lipinski definition) is 0. The predicted molar refractivity (Wildman–Crippen MR) is 114 cm³/mol. The van der Waals surface area contributed by atoms with Gasteiger partial charge in [0.25, 0.3) is 0 Å². The fraction of sp³-hybridized carbons (Fsp3) is 0.950. The minimum Gasteiger partial charge on any atom is -0.466 e. The zero-order valence-electron chi connectivity index (χ0n) is 17.3. The molecule has 1 aliphatic carbocycles. The van der Waals surface area contributed by atoms with Crippen LogP contribution in [0.3, 0.4) is 0 Å². The Kier molecular flexibility index (Phi) is 12.3. The maximum atomic E-state index is 11.9. The van der Waals surface area contributed by atoms with Gasteiger partial charge in [-0.1, -0.05) is 0 Å². The van der Waals surface area contributed by atoms with Crippen LogP contribution in [0.2, 0.25) is 0 Å². The van der Waals surface area contributed by atoms with Crippen molar-refractivity contribution in [3.63, 3.8) is 0 Å². The molecule has 1 saturated carbocycles. The molecule has 0 N–H and O–H groups in total. The van der Waals surface area contributed by atoms with Crippen LogP contribution in [0.5, 0.6) is 0 Å². The normalized spacial score (nSPS) is 29.7. The third-order valence-corrected chi connectivity index (χ3v) is 5.95. The van der Waals surface area contributed by atoms with Crippen LogP contribution in [-0.4, -0.2) is 73.7 Å². The van der Waals surface area contributed by atoms with Gasteiger partial charge in [-0.15, -0.1) is 24.8 Å². The van der Waals surface area contributed by atoms with Crippen LogP contribution in [0.25, 0.3) is 0 Å². The summed E-state index contributed by atoms with van der Waals surface area (Å²) in [5.41, 5.74) is 0. The summed E-state index contributed by atoms with van der Waals surface area (Å²) in [6.07, 6.45) is 7.97. The summed E-state index contributed by atoms with van der Waals surface area (Å²) >= 11 is 0. The molecule has 6 nitrogen and oxygen atoms in total. The van der Waals surface area contributed by atoms with Crippen molar-refractivity contribution in [3.8, 4) is 0 Å². The van der Waals surface area contributed by atoms with E-state index >= 15 is 0 Å². The monoisotopic (exact) mass is 440 g/mol. The zero-order chi connectivity index (χ0) is 18.4. The summed E-state index contributed by atoms with van der Waals surface area (Å²) in [7, 11) is 0. The lowest BCUT2D eigenvalue weighted by Crippen LogP contribution is -2.50. The summed E-state index contributed by atoms with van der Waals surface area (Å²) < 4.78 is 17.6. The van der Waals surface area contributed by atoms with E-state index in [9.17, 15) is 4.79 Å². The molecule has 0 amide bonds. The second kappa shape index (κ2) is 13.2. The van der Waals surface area contributed by atoms with E-state index in [1.165, 1.54) is 12.8 Å². The van der Waals surface area contributed by atoms with Crippen molar-refractivity contribution < 1.29 is 19.0 Å². The van der Waals surface area contributed by atoms with Gasteiger partial charge in [0.1, 0.15) is 0 Å². The summed E-state index contributed by atoms with van der Waals surface area (Å²) in [4.78, 5) is 16.9. The van der Waals surface area contributed by atoms with Gasteiger partial charge in [0.2, 0.25) is 0 Å². The average molecular weight is 441 g/mol. The number of carbonyl (C=O) groups excluding carboxylic acids is 1. The Morgan fingerprint density at radius 2 is 1.57 bits per heavy atom. The Balaban J connectivity index is 0.00000196. The van der Waals surface area contributed by atoms with Crippen LogP contribution >= 0.6 is 24.8 Å². The van der Waals surface area contributed by atoms with Crippen molar-refractivity contribution in [3.05, 3.63) is 0 Å². The quantitative estimate of drug-likeness (QED) is 0.538.